The first-order valence-corrected chi connectivity index (χ1v) is 9.93. The van der Waals surface area contributed by atoms with Gasteiger partial charge in [-0.05, 0) is 37.0 Å². The Balaban J connectivity index is -0.0000000480. The van der Waals surface area contributed by atoms with E-state index in [9.17, 15) is 0 Å². The van der Waals surface area contributed by atoms with Gasteiger partial charge in [-0.1, -0.05) is 41.5 Å². The second-order valence-electron chi connectivity index (χ2n) is 3.24. The van der Waals surface area contributed by atoms with Crippen LogP contribution in [0.15, 0.2) is 0 Å². The van der Waals surface area contributed by atoms with Crippen LogP contribution in [-0.2, 0) is 26.2 Å². The number of halogens is 2. The molecule has 0 N–H and O–H groups in total. The molecule has 0 heterocycles. The summed E-state index contributed by atoms with van der Waals surface area (Å²) >= 11 is 0. The van der Waals surface area contributed by atoms with Gasteiger partial charge in [-0.2, -0.15) is 0 Å². The maximum atomic E-state index is 2.29. The zero-order valence-corrected chi connectivity index (χ0v) is 18.2. The summed E-state index contributed by atoms with van der Waals surface area (Å²) in [5.74, 6) is 0. The summed E-state index contributed by atoms with van der Waals surface area (Å²) in [5, 5.41) is 0. The van der Waals surface area contributed by atoms with Gasteiger partial charge in [0.25, 0.3) is 0 Å². The molecule has 0 fully saturated rings. The molecular formula is C12H30Cl2P2Zr. The first-order valence-electron chi connectivity index (χ1n) is 6.14. The summed E-state index contributed by atoms with van der Waals surface area (Å²) in [4.78, 5) is 0. The van der Waals surface area contributed by atoms with Crippen molar-refractivity contribution in [1.82, 2.24) is 0 Å². The third-order valence-electron chi connectivity index (χ3n) is 2.68. The van der Waals surface area contributed by atoms with Gasteiger partial charge in [-0.25, -0.2) is 0 Å². The largest absolute Gasteiger partial charge is 2.00 e. The monoisotopic (exact) mass is 396 g/mol. The van der Waals surface area contributed by atoms with Crippen molar-refractivity contribution in [3.63, 3.8) is 0 Å². The molecular weight excluding hydrogens is 368 g/mol. The van der Waals surface area contributed by atoms with E-state index in [0.29, 0.717) is 15.8 Å². The summed E-state index contributed by atoms with van der Waals surface area (Å²) in [6, 6.07) is 0. The smallest absolute Gasteiger partial charge is 1.00 e. The molecule has 0 saturated carbocycles. The molecule has 5 heteroatoms. The van der Waals surface area contributed by atoms with E-state index in [-0.39, 0.29) is 51.0 Å². The molecule has 0 amide bonds. The molecule has 0 aliphatic carbocycles. The Morgan fingerprint density at radius 3 is 0.588 bits per heavy atom. The molecule has 0 aliphatic heterocycles. The molecule has 0 aliphatic rings. The van der Waals surface area contributed by atoms with Gasteiger partial charge in [-0.15, -0.1) is 15.8 Å². The molecule has 0 atom stereocenters. The normalized spacial score (nSPS) is 8.47. The Labute approximate surface area is 144 Å². The molecule has 0 spiro atoms. The molecule has 0 unspecified atom stereocenters. The summed E-state index contributed by atoms with van der Waals surface area (Å²) < 4.78 is 0. The second-order valence-corrected chi connectivity index (χ2v) is 9.72. The van der Waals surface area contributed by atoms with E-state index in [0.717, 1.165) is 0 Å². The fourth-order valence-corrected chi connectivity index (χ4v) is 4.02. The van der Waals surface area contributed by atoms with Gasteiger partial charge >= 0.3 is 26.2 Å². The summed E-state index contributed by atoms with van der Waals surface area (Å²) in [5.41, 5.74) is 0. The van der Waals surface area contributed by atoms with Crippen LogP contribution in [0.2, 0.25) is 0 Å². The number of hydrogen-bond donors (Lipinski definition) is 0. The minimum absolute atomic E-state index is 0. The van der Waals surface area contributed by atoms with E-state index in [1.54, 1.807) is 0 Å². The molecule has 0 aromatic rings. The van der Waals surface area contributed by atoms with Gasteiger partial charge in [0.1, 0.15) is 0 Å². The molecule has 17 heavy (non-hydrogen) atoms. The van der Waals surface area contributed by atoms with Crippen LogP contribution in [0.25, 0.3) is 0 Å². The van der Waals surface area contributed by atoms with Crippen molar-refractivity contribution in [2.24, 2.45) is 0 Å². The minimum atomic E-state index is 0. The molecule has 0 aromatic heterocycles. The molecule has 0 saturated heterocycles. The third kappa shape index (κ3) is 23.8. The average molecular weight is 398 g/mol. The molecule has 0 bridgehead atoms. The number of hydrogen-bond acceptors (Lipinski definition) is 0. The van der Waals surface area contributed by atoms with Crippen LogP contribution >= 0.6 is 15.8 Å². The zero-order chi connectivity index (χ0) is 11.4. The SMILES string of the molecule is CCP(CC)CC.CCP(CC)CC.[Cl-].[Cl-].[Zr+2]. The minimum Gasteiger partial charge on any atom is -1.00 e. The van der Waals surface area contributed by atoms with Crippen molar-refractivity contribution in [1.29, 1.82) is 0 Å². The zero-order valence-electron chi connectivity index (χ0n) is 12.4. The number of rotatable bonds is 6. The third-order valence-corrected chi connectivity index (χ3v) is 8.05. The van der Waals surface area contributed by atoms with Gasteiger partial charge in [0, 0.05) is 0 Å². The molecule has 106 valence electrons. The van der Waals surface area contributed by atoms with E-state index in [1.807, 2.05) is 0 Å². The maximum Gasteiger partial charge on any atom is 2.00 e. The first kappa shape index (κ1) is 31.6. The Bertz CT molecular complexity index is 77.5. The predicted molar refractivity (Wildman–Crippen MR) is 77.1 cm³/mol. The Morgan fingerprint density at radius 1 is 0.471 bits per heavy atom. The van der Waals surface area contributed by atoms with Crippen LogP contribution in [0.3, 0.4) is 0 Å². The Hall–Kier alpha value is 2.32. The van der Waals surface area contributed by atoms with Crippen LogP contribution < -0.4 is 24.8 Å². The van der Waals surface area contributed by atoms with Crippen molar-refractivity contribution < 1.29 is 51.0 Å². The van der Waals surface area contributed by atoms with E-state index < -0.39 is 0 Å². The van der Waals surface area contributed by atoms with Crippen LogP contribution in [0.1, 0.15) is 41.5 Å². The van der Waals surface area contributed by atoms with Gasteiger partial charge in [-0.3, -0.25) is 0 Å². The summed E-state index contributed by atoms with van der Waals surface area (Å²) in [7, 11) is 0.892. The standard InChI is InChI=1S/2C6H15P.2ClH.Zr/c2*1-4-7(5-2)6-3;;;/h2*4-6H2,1-3H3;2*1H;/q;;;;+2/p-2. The summed E-state index contributed by atoms with van der Waals surface area (Å²) in [6.07, 6.45) is 8.51. The maximum absolute atomic E-state index is 2.29. The predicted octanol–water partition coefficient (Wildman–Crippen LogP) is -0.938. The first-order chi connectivity index (χ1) is 6.69. The Kier molecular flexibility index (Phi) is 49.9. The van der Waals surface area contributed by atoms with Crippen molar-refractivity contribution >= 4 is 15.8 Å². The van der Waals surface area contributed by atoms with E-state index in [4.69, 9.17) is 0 Å². The van der Waals surface area contributed by atoms with Crippen molar-refractivity contribution in [2.45, 2.75) is 41.5 Å². The Morgan fingerprint density at radius 2 is 0.588 bits per heavy atom. The van der Waals surface area contributed by atoms with Crippen LogP contribution in [0, 0.1) is 0 Å². The van der Waals surface area contributed by atoms with E-state index in [1.165, 1.54) is 37.0 Å². The molecule has 0 radical (unpaired) electrons. The molecule has 0 rings (SSSR count). The topological polar surface area (TPSA) is 0 Å². The molecule has 0 nitrogen and oxygen atoms in total. The van der Waals surface area contributed by atoms with Crippen molar-refractivity contribution in [3.05, 3.63) is 0 Å². The van der Waals surface area contributed by atoms with Crippen LogP contribution in [-0.4, -0.2) is 37.0 Å². The van der Waals surface area contributed by atoms with Crippen molar-refractivity contribution in [2.75, 3.05) is 37.0 Å². The second kappa shape index (κ2) is 26.8. The van der Waals surface area contributed by atoms with Crippen LogP contribution in [0.5, 0.6) is 0 Å². The van der Waals surface area contributed by atoms with Gasteiger partial charge in [0.15, 0.2) is 0 Å². The molecule has 0 aromatic carbocycles. The average Bonchev–Trinajstić information content (AvgIpc) is 2.24. The van der Waals surface area contributed by atoms with E-state index in [2.05, 4.69) is 41.5 Å². The van der Waals surface area contributed by atoms with Gasteiger partial charge in [0.2, 0.25) is 0 Å². The van der Waals surface area contributed by atoms with Crippen LogP contribution in [0.4, 0.5) is 0 Å². The van der Waals surface area contributed by atoms with E-state index >= 15 is 0 Å². The quantitative estimate of drug-likeness (QED) is 0.507. The van der Waals surface area contributed by atoms with Gasteiger partial charge in [0.05, 0.1) is 0 Å². The summed E-state index contributed by atoms with van der Waals surface area (Å²) in [6.45, 7) is 13.7. The van der Waals surface area contributed by atoms with Crippen molar-refractivity contribution in [3.8, 4) is 0 Å². The van der Waals surface area contributed by atoms with Gasteiger partial charge < -0.3 is 24.8 Å². The fraction of sp³-hybridized carbons (Fsp3) is 1.00. The fourth-order valence-electron chi connectivity index (χ4n) is 1.34.